The average molecular weight is 329 g/mol. The van der Waals surface area contributed by atoms with E-state index in [9.17, 15) is 13.2 Å². The average Bonchev–Trinajstić information content (AvgIpc) is 2.85. The van der Waals surface area contributed by atoms with Crippen LogP contribution in [-0.4, -0.2) is 20.9 Å². The second-order valence-corrected chi connectivity index (χ2v) is 6.14. The summed E-state index contributed by atoms with van der Waals surface area (Å²) in [7, 11) is -3.69. The third-order valence-corrected chi connectivity index (χ3v) is 4.52. The Morgan fingerprint density at radius 3 is 2.62 bits per heavy atom. The zero-order chi connectivity index (χ0) is 15.5. The number of para-hydroxylation sites is 1. The molecule has 0 bridgehead atoms. The van der Waals surface area contributed by atoms with Crippen molar-refractivity contribution in [3.8, 4) is 0 Å². The Labute approximate surface area is 127 Å². The summed E-state index contributed by atoms with van der Waals surface area (Å²) in [5.74, 6) is -0.548. The number of rotatable bonds is 5. The largest absolute Gasteiger partial charge is 0.452 e. The van der Waals surface area contributed by atoms with Crippen molar-refractivity contribution < 1.29 is 17.6 Å². The molecule has 6 nitrogen and oxygen atoms in total. The molecule has 2 aromatic rings. The fourth-order valence-corrected chi connectivity index (χ4v) is 3.12. The molecule has 8 heteroatoms. The van der Waals surface area contributed by atoms with E-state index < -0.39 is 15.9 Å². The van der Waals surface area contributed by atoms with Crippen molar-refractivity contribution in [3.63, 3.8) is 0 Å². The van der Waals surface area contributed by atoms with Crippen molar-refractivity contribution in [2.24, 2.45) is 0 Å². The summed E-state index contributed by atoms with van der Waals surface area (Å²) in [5.41, 5.74) is 0.299. The van der Waals surface area contributed by atoms with Gasteiger partial charge in [0, 0.05) is 6.54 Å². The van der Waals surface area contributed by atoms with E-state index >= 15 is 0 Å². The highest BCUT2D eigenvalue weighted by Crippen LogP contribution is 2.23. The lowest BCUT2D eigenvalue weighted by Crippen LogP contribution is -2.25. The molecule has 0 spiro atoms. The molecule has 1 aromatic carbocycles. The van der Waals surface area contributed by atoms with Gasteiger partial charge in [-0.1, -0.05) is 19.1 Å². The van der Waals surface area contributed by atoms with Gasteiger partial charge in [0.15, 0.2) is 0 Å². The van der Waals surface area contributed by atoms with E-state index in [0.29, 0.717) is 0 Å². The van der Waals surface area contributed by atoms with Crippen molar-refractivity contribution >= 4 is 33.2 Å². The minimum Gasteiger partial charge on any atom is -0.452 e. The van der Waals surface area contributed by atoms with Crippen LogP contribution in [-0.2, 0) is 10.0 Å². The molecular weight excluding hydrogens is 316 g/mol. The summed E-state index contributed by atoms with van der Waals surface area (Å²) in [4.78, 5) is 12.0. The van der Waals surface area contributed by atoms with Crippen LogP contribution in [0.3, 0.4) is 0 Å². The maximum atomic E-state index is 12.1. The van der Waals surface area contributed by atoms with Gasteiger partial charge >= 0.3 is 0 Å². The molecule has 0 saturated carbocycles. The van der Waals surface area contributed by atoms with Gasteiger partial charge in [-0.25, -0.2) is 13.1 Å². The third kappa shape index (κ3) is 3.44. The van der Waals surface area contributed by atoms with Crippen LogP contribution in [0, 0.1) is 0 Å². The number of benzene rings is 1. The summed E-state index contributed by atoms with van der Waals surface area (Å²) in [6.45, 7) is 1.92. The fourth-order valence-electron chi connectivity index (χ4n) is 1.72. The number of carbonyl (C=O) groups excluding carboxylic acids is 1. The number of carbonyl (C=O) groups is 1. The number of hydrogen-bond donors (Lipinski definition) is 2. The number of hydrogen-bond acceptors (Lipinski definition) is 4. The standard InChI is InChI=1S/C13H13ClN2O4S/c1-2-15-21(18,19)11-6-4-3-5-10(11)16-13(17)9-7-8-20-12(9)14/h3-8,15H,2H2,1H3,(H,16,17). The summed E-state index contributed by atoms with van der Waals surface area (Å²) in [5, 5.41) is 2.46. The molecule has 0 aliphatic carbocycles. The van der Waals surface area contributed by atoms with Gasteiger partial charge in [0.05, 0.1) is 17.5 Å². The van der Waals surface area contributed by atoms with Gasteiger partial charge in [-0.05, 0) is 29.8 Å². The van der Waals surface area contributed by atoms with Crippen LogP contribution in [0.25, 0.3) is 0 Å². The van der Waals surface area contributed by atoms with Crippen molar-refractivity contribution in [2.45, 2.75) is 11.8 Å². The monoisotopic (exact) mass is 328 g/mol. The molecular formula is C13H13ClN2O4S. The fraction of sp³-hybridized carbons (Fsp3) is 0.154. The second-order valence-electron chi connectivity index (χ2n) is 4.06. The van der Waals surface area contributed by atoms with Gasteiger partial charge in [-0.2, -0.15) is 0 Å². The topological polar surface area (TPSA) is 88.4 Å². The van der Waals surface area contributed by atoms with Crippen molar-refractivity contribution in [1.29, 1.82) is 0 Å². The lowest BCUT2D eigenvalue weighted by Gasteiger charge is -2.11. The first kappa shape index (κ1) is 15.6. The molecule has 21 heavy (non-hydrogen) atoms. The molecule has 1 heterocycles. The number of amides is 1. The first-order chi connectivity index (χ1) is 9.95. The Morgan fingerprint density at radius 2 is 2.00 bits per heavy atom. The highest BCUT2D eigenvalue weighted by atomic mass is 35.5. The van der Waals surface area contributed by atoms with Crippen LogP contribution in [0.5, 0.6) is 0 Å². The van der Waals surface area contributed by atoms with E-state index in [1.165, 1.54) is 24.5 Å². The molecule has 0 aliphatic rings. The number of furan rings is 1. The van der Waals surface area contributed by atoms with Gasteiger partial charge < -0.3 is 9.73 Å². The first-order valence-corrected chi connectivity index (χ1v) is 7.95. The molecule has 112 valence electrons. The summed E-state index contributed by atoms with van der Waals surface area (Å²) in [6, 6.07) is 7.50. The van der Waals surface area contributed by atoms with Gasteiger partial charge in [0.25, 0.3) is 5.91 Å². The van der Waals surface area contributed by atoms with Gasteiger partial charge in [0.2, 0.25) is 15.2 Å². The number of nitrogens with one attached hydrogen (secondary N) is 2. The maximum Gasteiger partial charge on any atom is 0.260 e. The van der Waals surface area contributed by atoms with E-state index in [1.807, 2.05) is 0 Å². The van der Waals surface area contributed by atoms with Crippen molar-refractivity contribution in [2.75, 3.05) is 11.9 Å². The Balaban J connectivity index is 2.34. The van der Waals surface area contributed by atoms with Crippen LogP contribution < -0.4 is 10.0 Å². The highest BCUT2D eigenvalue weighted by Gasteiger charge is 2.20. The number of anilines is 1. The predicted molar refractivity (Wildman–Crippen MR) is 79.0 cm³/mol. The molecule has 0 radical (unpaired) electrons. The summed E-state index contributed by atoms with van der Waals surface area (Å²) < 4.78 is 31.4. The van der Waals surface area contributed by atoms with Crippen LogP contribution in [0.1, 0.15) is 17.3 Å². The molecule has 0 unspecified atom stereocenters. The zero-order valence-electron chi connectivity index (χ0n) is 11.1. The SMILES string of the molecule is CCNS(=O)(=O)c1ccccc1NC(=O)c1ccoc1Cl. The first-order valence-electron chi connectivity index (χ1n) is 6.08. The molecule has 2 N–H and O–H groups in total. The lowest BCUT2D eigenvalue weighted by atomic mass is 10.3. The van der Waals surface area contributed by atoms with Gasteiger partial charge in [-0.15, -0.1) is 0 Å². The van der Waals surface area contributed by atoms with Gasteiger partial charge in [0.1, 0.15) is 4.90 Å². The van der Waals surface area contributed by atoms with Crippen LogP contribution >= 0.6 is 11.6 Å². The quantitative estimate of drug-likeness (QED) is 0.882. The van der Waals surface area contributed by atoms with Crippen LogP contribution in [0.2, 0.25) is 5.22 Å². The minimum atomic E-state index is -3.69. The Kier molecular flexibility index (Phi) is 4.66. The molecule has 2 rings (SSSR count). The Morgan fingerprint density at radius 1 is 1.29 bits per heavy atom. The Bertz CT molecular complexity index is 755. The molecule has 0 fully saturated rings. The molecule has 1 amide bonds. The molecule has 0 aliphatic heterocycles. The molecule has 1 aromatic heterocycles. The molecule has 0 atom stereocenters. The van der Waals surface area contributed by atoms with Crippen LogP contribution in [0.4, 0.5) is 5.69 Å². The lowest BCUT2D eigenvalue weighted by molar-refractivity contribution is 0.102. The van der Waals surface area contributed by atoms with E-state index in [0.717, 1.165) is 0 Å². The molecule has 0 saturated heterocycles. The van der Waals surface area contributed by atoms with Gasteiger partial charge in [-0.3, -0.25) is 4.79 Å². The van der Waals surface area contributed by atoms with E-state index in [1.54, 1.807) is 19.1 Å². The predicted octanol–water partition coefficient (Wildman–Crippen LogP) is 2.48. The maximum absolute atomic E-state index is 12.1. The summed E-state index contributed by atoms with van der Waals surface area (Å²) in [6.07, 6.45) is 1.28. The van der Waals surface area contributed by atoms with E-state index in [-0.39, 0.29) is 27.9 Å². The van der Waals surface area contributed by atoms with Crippen LogP contribution in [0.15, 0.2) is 45.9 Å². The van der Waals surface area contributed by atoms with E-state index in [2.05, 4.69) is 10.0 Å². The van der Waals surface area contributed by atoms with E-state index in [4.69, 9.17) is 16.0 Å². The number of halogens is 1. The normalized spacial score (nSPS) is 11.3. The highest BCUT2D eigenvalue weighted by molar-refractivity contribution is 7.89. The summed E-state index contributed by atoms with van der Waals surface area (Å²) >= 11 is 5.72. The van der Waals surface area contributed by atoms with Crippen molar-refractivity contribution in [1.82, 2.24) is 4.72 Å². The number of sulfonamides is 1. The smallest absolute Gasteiger partial charge is 0.260 e. The zero-order valence-corrected chi connectivity index (χ0v) is 12.7. The second kappa shape index (κ2) is 6.30. The minimum absolute atomic E-state index is 0.0141. The third-order valence-electron chi connectivity index (χ3n) is 2.62. The van der Waals surface area contributed by atoms with Crippen molar-refractivity contribution in [3.05, 3.63) is 47.4 Å². The Hall–Kier alpha value is -1.83.